The Morgan fingerprint density at radius 3 is 2.73 bits per heavy atom. The Bertz CT molecular complexity index is 843. The Morgan fingerprint density at radius 2 is 2.05 bits per heavy atom. The zero-order chi connectivity index (χ0) is 15.7. The number of nitrogens with two attached hydrogens (primary N) is 1. The van der Waals surface area contributed by atoms with Crippen LogP contribution in [0.4, 0.5) is 5.69 Å². The number of anilines is 1. The molecule has 0 saturated carbocycles. The van der Waals surface area contributed by atoms with Crippen LogP contribution < -0.4 is 5.73 Å². The van der Waals surface area contributed by atoms with Crippen LogP contribution in [0.1, 0.15) is 19.4 Å². The fraction of sp³-hybridized carbons (Fsp3) is 0.211. The molecule has 3 rings (SSSR count). The van der Waals surface area contributed by atoms with Gasteiger partial charge in [-0.3, -0.25) is 0 Å². The first-order valence-electron chi connectivity index (χ1n) is 7.58. The molecule has 0 radical (unpaired) electrons. The molecule has 3 heteroatoms. The minimum Gasteiger partial charge on any atom is -0.399 e. The van der Waals surface area contributed by atoms with Gasteiger partial charge < -0.3 is 10.3 Å². The maximum Gasteiger partial charge on any atom is 0.141 e. The van der Waals surface area contributed by atoms with Gasteiger partial charge in [-0.15, -0.1) is 0 Å². The van der Waals surface area contributed by atoms with E-state index in [1.165, 1.54) is 5.56 Å². The molecule has 0 amide bonds. The molecule has 1 aromatic heterocycles. The fourth-order valence-electron chi connectivity index (χ4n) is 2.72. The normalized spacial score (nSPS) is 11.0. The number of aryl methyl sites for hydroxylation is 1. The molecule has 3 nitrogen and oxygen atoms in total. The van der Waals surface area contributed by atoms with Gasteiger partial charge in [0.15, 0.2) is 0 Å². The smallest absolute Gasteiger partial charge is 0.141 e. The highest BCUT2D eigenvalue weighted by molar-refractivity contribution is 5.82. The summed E-state index contributed by atoms with van der Waals surface area (Å²) in [6.45, 7) is 9.00. The number of aromatic nitrogens is 2. The summed E-state index contributed by atoms with van der Waals surface area (Å²) in [5.74, 6) is 0.943. The van der Waals surface area contributed by atoms with Gasteiger partial charge >= 0.3 is 0 Å². The van der Waals surface area contributed by atoms with Gasteiger partial charge in [-0.2, -0.15) is 0 Å². The van der Waals surface area contributed by atoms with Crippen molar-refractivity contribution < 1.29 is 0 Å². The maximum atomic E-state index is 5.93. The predicted octanol–water partition coefficient (Wildman–Crippen LogP) is 4.42. The van der Waals surface area contributed by atoms with Gasteiger partial charge in [0.1, 0.15) is 5.82 Å². The highest BCUT2D eigenvalue weighted by Gasteiger charge is 2.13. The van der Waals surface area contributed by atoms with Crippen LogP contribution in [0.3, 0.4) is 0 Å². The van der Waals surface area contributed by atoms with E-state index in [0.717, 1.165) is 46.6 Å². The summed E-state index contributed by atoms with van der Waals surface area (Å²) in [5.41, 5.74) is 12.3. The SMILES string of the molecule is C=C(C)Cn1c(-c2cccc(N)c2)nc2cc(CC)ccc21. The number of imidazole rings is 1. The van der Waals surface area contributed by atoms with Crippen LogP contribution in [0.5, 0.6) is 0 Å². The highest BCUT2D eigenvalue weighted by atomic mass is 15.1. The molecule has 0 aliphatic heterocycles. The standard InChI is InChI=1S/C19H21N3/c1-4-14-8-9-18-17(10-14)21-19(22(18)12-13(2)3)15-6-5-7-16(20)11-15/h5-11H,2,4,12,20H2,1,3H3. The third-order valence-corrected chi connectivity index (χ3v) is 3.79. The first kappa shape index (κ1) is 14.4. The van der Waals surface area contributed by atoms with Gasteiger partial charge in [0.25, 0.3) is 0 Å². The van der Waals surface area contributed by atoms with Crippen molar-refractivity contribution in [2.24, 2.45) is 0 Å². The Labute approximate surface area is 131 Å². The Morgan fingerprint density at radius 1 is 1.23 bits per heavy atom. The topological polar surface area (TPSA) is 43.8 Å². The molecule has 0 aliphatic carbocycles. The van der Waals surface area contributed by atoms with E-state index < -0.39 is 0 Å². The van der Waals surface area contributed by atoms with Crippen LogP contribution in [0, 0.1) is 0 Å². The van der Waals surface area contributed by atoms with Crippen molar-refractivity contribution in [2.75, 3.05) is 5.73 Å². The molecule has 1 heterocycles. The van der Waals surface area contributed by atoms with Crippen LogP contribution in [-0.2, 0) is 13.0 Å². The first-order valence-corrected chi connectivity index (χ1v) is 7.58. The summed E-state index contributed by atoms with van der Waals surface area (Å²) >= 11 is 0. The van der Waals surface area contributed by atoms with E-state index in [4.69, 9.17) is 10.7 Å². The highest BCUT2D eigenvalue weighted by Crippen LogP contribution is 2.27. The van der Waals surface area contributed by atoms with E-state index in [2.05, 4.69) is 36.3 Å². The van der Waals surface area contributed by atoms with Crippen molar-refractivity contribution in [3.05, 3.63) is 60.2 Å². The van der Waals surface area contributed by atoms with Crippen LogP contribution in [-0.4, -0.2) is 9.55 Å². The summed E-state index contributed by atoms with van der Waals surface area (Å²) in [4.78, 5) is 4.85. The van der Waals surface area contributed by atoms with E-state index in [9.17, 15) is 0 Å². The molecular formula is C19H21N3. The minimum atomic E-state index is 0.751. The predicted molar refractivity (Wildman–Crippen MR) is 93.8 cm³/mol. The van der Waals surface area contributed by atoms with E-state index in [1.54, 1.807) is 0 Å². The first-order chi connectivity index (χ1) is 10.6. The van der Waals surface area contributed by atoms with Crippen molar-refractivity contribution in [1.29, 1.82) is 0 Å². The largest absolute Gasteiger partial charge is 0.399 e. The van der Waals surface area contributed by atoms with Gasteiger partial charge in [0, 0.05) is 17.8 Å². The lowest BCUT2D eigenvalue weighted by molar-refractivity contribution is 0.820. The summed E-state index contributed by atoms with van der Waals surface area (Å²) in [7, 11) is 0. The monoisotopic (exact) mass is 291 g/mol. The number of rotatable bonds is 4. The number of fused-ring (bicyclic) bond motifs is 1. The molecular weight excluding hydrogens is 270 g/mol. The van der Waals surface area contributed by atoms with E-state index in [-0.39, 0.29) is 0 Å². The third kappa shape index (κ3) is 2.62. The lowest BCUT2D eigenvalue weighted by Crippen LogP contribution is -2.01. The summed E-state index contributed by atoms with van der Waals surface area (Å²) in [5, 5.41) is 0. The molecule has 0 fully saturated rings. The number of hydrogen-bond donors (Lipinski definition) is 1. The van der Waals surface area contributed by atoms with E-state index in [0.29, 0.717) is 0 Å². The Kier molecular flexibility index (Phi) is 3.72. The lowest BCUT2D eigenvalue weighted by atomic mass is 10.1. The zero-order valence-electron chi connectivity index (χ0n) is 13.1. The molecule has 0 atom stereocenters. The van der Waals surface area contributed by atoms with Crippen molar-refractivity contribution in [2.45, 2.75) is 26.8 Å². The van der Waals surface area contributed by atoms with Crippen LogP contribution >= 0.6 is 0 Å². The van der Waals surface area contributed by atoms with Crippen LogP contribution in [0.25, 0.3) is 22.4 Å². The minimum absolute atomic E-state index is 0.751. The van der Waals surface area contributed by atoms with Crippen molar-refractivity contribution in [1.82, 2.24) is 9.55 Å². The number of hydrogen-bond acceptors (Lipinski definition) is 2. The molecule has 0 spiro atoms. The third-order valence-electron chi connectivity index (χ3n) is 3.79. The zero-order valence-corrected chi connectivity index (χ0v) is 13.1. The van der Waals surface area contributed by atoms with Crippen LogP contribution in [0.2, 0.25) is 0 Å². The number of benzene rings is 2. The van der Waals surface area contributed by atoms with Crippen molar-refractivity contribution >= 4 is 16.7 Å². The molecule has 0 unspecified atom stereocenters. The summed E-state index contributed by atoms with van der Waals surface area (Å²) in [6, 6.07) is 14.4. The quantitative estimate of drug-likeness (QED) is 0.571. The van der Waals surface area contributed by atoms with Gasteiger partial charge in [-0.1, -0.05) is 37.3 Å². The average Bonchev–Trinajstić information content (AvgIpc) is 2.84. The van der Waals surface area contributed by atoms with Gasteiger partial charge in [0.05, 0.1) is 11.0 Å². The molecule has 0 aliphatic rings. The molecule has 2 aromatic carbocycles. The average molecular weight is 291 g/mol. The summed E-state index contributed by atoms with van der Waals surface area (Å²) in [6.07, 6.45) is 1.01. The number of nitrogens with zero attached hydrogens (tertiary/aromatic N) is 2. The second-order valence-electron chi connectivity index (χ2n) is 5.78. The van der Waals surface area contributed by atoms with Gasteiger partial charge in [-0.05, 0) is 43.2 Å². The second kappa shape index (κ2) is 5.68. The summed E-state index contributed by atoms with van der Waals surface area (Å²) < 4.78 is 2.21. The van der Waals surface area contributed by atoms with E-state index in [1.807, 2.05) is 31.2 Å². The Hall–Kier alpha value is -2.55. The maximum absolute atomic E-state index is 5.93. The molecule has 0 bridgehead atoms. The number of allylic oxidation sites excluding steroid dienone is 1. The van der Waals surface area contributed by atoms with Crippen LogP contribution in [0.15, 0.2) is 54.6 Å². The molecule has 22 heavy (non-hydrogen) atoms. The lowest BCUT2D eigenvalue weighted by Gasteiger charge is -2.09. The van der Waals surface area contributed by atoms with Gasteiger partial charge in [0.2, 0.25) is 0 Å². The second-order valence-corrected chi connectivity index (χ2v) is 5.78. The number of nitrogen functional groups attached to an aromatic ring is 1. The van der Waals surface area contributed by atoms with Crippen molar-refractivity contribution in [3.63, 3.8) is 0 Å². The molecule has 112 valence electrons. The van der Waals surface area contributed by atoms with Crippen molar-refractivity contribution in [3.8, 4) is 11.4 Å². The molecule has 2 N–H and O–H groups in total. The molecule has 3 aromatic rings. The van der Waals surface area contributed by atoms with Gasteiger partial charge in [-0.25, -0.2) is 4.98 Å². The molecule has 0 saturated heterocycles. The fourth-order valence-corrected chi connectivity index (χ4v) is 2.72. The van der Waals surface area contributed by atoms with E-state index >= 15 is 0 Å². The Balaban J connectivity index is 2.25.